The molecule has 6 heteroatoms. The van der Waals surface area contributed by atoms with Gasteiger partial charge in [0.25, 0.3) is 0 Å². The first-order valence-corrected chi connectivity index (χ1v) is 11.9. The predicted molar refractivity (Wildman–Crippen MR) is 125 cm³/mol. The van der Waals surface area contributed by atoms with Gasteiger partial charge in [0.05, 0.1) is 6.61 Å². The van der Waals surface area contributed by atoms with Gasteiger partial charge >= 0.3 is 0 Å². The molecule has 0 bridgehead atoms. The Labute approximate surface area is 188 Å². The number of amides is 1. The van der Waals surface area contributed by atoms with E-state index < -0.39 is 0 Å². The third-order valence-corrected chi connectivity index (χ3v) is 6.81. The Kier molecular flexibility index (Phi) is 8.76. The highest BCUT2D eigenvalue weighted by Gasteiger charge is 2.33. The second kappa shape index (κ2) is 11.3. The molecular formula is C25H41N3O3. The fourth-order valence-corrected chi connectivity index (χ4v) is 4.53. The molecule has 1 aromatic carbocycles. The van der Waals surface area contributed by atoms with E-state index in [2.05, 4.69) is 62.1 Å². The number of nitrogens with one attached hydrogen (secondary N) is 1. The number of hydrogen-bond donors (Lipinski definition) is 1. The molecule has 0 aliphatic carbocycles. The minimum Gasteiger partial charge on any atom is -0.493 e. The molecule has 0 saturated carbocycles. The van der Waals surface area contributed by atoms with E-state index in [-0.39, 0.29) is 12.0 Å². The molecule has 2 unspecified atom stereocenters. The van der Waals surface area contributed by atoms with Crippen LogP contribution in [0.1, 0.15) is 55.3 Å². The summed E-state index contributed by atoms with van der Waals surface area (Å²) in [5, 5.41) is 3.08. The molecule has 0 aromatic heterocycles. The molecule has 1 amide bonds. The average Bonchev–Trinajstić information content (AvgIpc) is 3.24. The number of benzene rings is 1. The molecular weight excluding hydrogens is 390 g/mol. The second-order valence-corrected chi connectivity index (χ2v) is 9.50. The van der Waals surface area contributed by atoms with Gasteiger partial charge in [0.15, 0.2) is 0 Å². The van der Waals surface area contributed by atoms with E-state index in [0.29, 0.717) is 18.6 Å². The Morgan fingerprint density at radius 1 is 1.26 bits per heavy atom. The van der Waals surface area contributed by atoms with Crippen LogP contribution in [-0.4, -0.2) is 75.3 Å². The van der Waals surface area contributed by atoms with Crippen molar-refractivity contribution in [3.05, 3.63) is 28.8 Å². The first kappa shape index (κ1) is 24.0. The van der Waals surface area contributed by atoms with E-state index in [1.807, 2.05) is 0 Å². The number of carbonyl (C=O) groups excluding carboxylic acids is 1. The van der Waals surface area contributed by atoms with Crippen molar-refractivity contribution in [2.45, 2.75) is 58.6 Å². The van der Waals surface area contributed by atoms with Gasteiger partial charge in [-0.05, 0) is 89.9 Å². The molecule has 0 spiro atoms. The van der Waals surface area contributed by atoms with E-state index in [9.17, 15) is 4.79 Å². The predicted octanol–water partition coefficient (Wildman–Crippen LogP) is 3.31. The van der Waals surface area contributed by atoms with Crippen molar-refractivity contribution in [1.82, 2.24) is 15.1 Å². The van der Waals surface area contributed by atoms with Crippen LogP contribution in [0.25, 0.3) is 0 Å². The Hall–Kier alpha value is -1.63. The van der Waals surface area contributed by atoms with E-state index in [0.717, 1.165) is 64.2 Å². The Morgan fingerprint density at radius 2 is 2.03 bits per heavy atom. The highest BCUT2D eigenvalue weighted by molar-refractivity contribution is 5.80. The van der Waals surface area contributed by atoms with E-state index in [1.54, 1.807) is 0 Å². The van der Waals surface area contributed by atoms with Gasteiger partial charge in [0.2, 0.25) is 5.91 Å². The molecule has 2 aliphatic heterocycles. The maximum atomic E-state index is 12.1. The summed E-state index contributed by atoms with van der Waals surface area (Å²) in [5.41, 5.74) is 3.95. The minimum atomic E-state index is -0.227. The van der Waals surface area contributed by atoms with Crippen molar-refractivity contribution >= 4 is 5.91 Å². The van der Waals surface area contributed by atoms with Crippen molar-refractivity contribution < 1.29 is 14.3 Å². The van der Waals surface area contributed by atoms with Gasteiger partial charge in [-0.1, -0.05) is 6.07 Å². The summed E-state index contributed by atoms with van der Waals surface area (Å²) >= 11 is 0. The number of hydrogen-bond acceptors (Lipinski definition) is 5. The van der Waals surface area contributed by atoms with Crippen LogP contribution >= 0.6 is 0 Å². The fraction of sp³-hybridized carbons (Fsp3) is 0.720. The maximum absolute atomic E-state index is 12.1. The lowest BCUT2D eigenvalue weighted by Gasteiger charge is -2.44. The van der Waals surface area contributed by atoms with Gasteiger partial charge in [-0.3, -0.25) is 9.69 Å². The maximum Gasteiger partial charge on any atom is 0.249 e. The highest BCUT2D eigenvalue weighted by atomic mass is 16.5. The van der Waals surface area contributed by atoms with Crippen molar-refractivity contribution in [3.8, 4) is 5.75 Å². The highest BCUT2D eigenvalue weighted by Crippen LogP contribution is 2.34. The van der Waals surface area contributed by atoms with Crippen LogP contribution < -0.4 is 10.1 Å². The number of unbranched alkanes of at least 4 members (excludes halogenated alkanes) is 1. The lowest BCUT2D eigenvalue weighted by molar-refractivity contribution is -0.130. The lowest BCUT2D eigenvalue weighted by atomic mass is 9.91. The molecule has 31 heavy (non-hydrogen) atoms. The van der Waals surface area contributed by atoms with Gasteiger partial charge in [-0.25, -0.2) is 0 Å². The van der Waals surface area contributed by atoms with Crippen LogP contribution in [0.15, 0.2) is 12.1 Å². The molecule has 1 N–H and O–H groups in total. The standard InChI is InChI=1S/C25H41N3O3/c1-18-19(2)23(30-13-7-6-12-27(4)5)11-10-22(18)20(3)28-16-21(17-28)15-26-25(29)24-9-8-14-31-24/h10-11,20-21,24H,6-9,12-17H2,1-5H3,(H,26,29). The molecule has 2 atom stereocenters. The van der Waals surface area contributed by atoms with Gasteiger partial charge in [0, 0.05) is 38.2 Å². The Bertz CT molecular complexity index is 725. The summed E-state index contributed by atoms with van der Waals surface area (Å²) in [6, 6.07) is 4.74. The molecule has 2 fully saturated rings. The molecule has 6 nitrogen and oxygen atoms in total. The zero-order chi connectivity index (χ0) is 22.4. The summed E-state index contributed by atoms with van der Waals surface area (Å²) in [4.78, 5) is 16.8. The van der Waals surface area contributed by atoms with Gasteiger partial charge < -0.3 is 19.7 Å². The minimum absolute atomic E-state index is 0.0628. The number of rotatable bonds is 11. The van der Waals surface area contributed by atoms with Crippen LogP contribution in [0.4, 0.5) is 0 Å². The van der Waals surface area contributed by atoms with Crippen LogP contribution in [0.2, 0.25) is 0 Å². The smallest absolute Gasteiger partial charge is 0.249 e. The van der Waals surface area contributed by atoms with E-state index in [4.69, 9.17) is 9.47 Å². The number of ether oxygens (including phenoxy) is 2. The van der Waals surface area contributed by atoms with E-state index >= 15 is 0 Å². The number of carbonyl (C=O) groups is 1. The number of nitrogens with zero attached hydrogens (tertiary/aromatic N) is 2. The molecule has 3 rings (SSSR count). The molecule has 2 heterocycles. The zero-order valence-electron chi connectivity index (χ0n) is 20.1. The zero-order valence-corrected chi connectivity index (χ0v) is 20.1. The number of likely N-dealkylation sites (tertiary alicyclic amines) is 1. The largest absolute Gasteiger partial charge is 0.493 e. The van der Waals surface area contributed by atoms with Gasteiger partial charge in [-0.15, -0.1) is 0 Å². The third kappa shape index (κ3) is 6.43. The topological polar surface area (TPSA) is 54.0 Å². The second-order valence-electron chi connectivity index (χ2n) is 9.50. The monoisotopic (exact) mass is 431 g/mol. The van der Waals surface area contributed by atoms with E-state index in [1.165, 1.54) is 16.7 Å². The molecule has 174 valence electrons. The SMILES string of the molecule is Cc1c(OCCCCN(C)C)ccc(C(C)N2CC(CNC(=O)C3CCCO3)C2)c1C. The molecule has 0 radical (unpaired) electrons. The lowest BCUT2D eigenvalue weighted by Crippen LogP contribution is -2.52. The van der Waals surface area contributed by atoms with Crippen molar-refractivity contribution in [3.63, 3.8) is 0 Å². The van der Waals surface area contributed by atoms with Crippen LogP contribution in [0, 0.1) is 19.8 Å². The van der Waals surface area contributed by atoms with Crippen molar-refractivity contribution in [2.75, 3.05) is 53.5 Å². The Morgan fingerprint density at radius 3 is 2.71 bits per heavy atom. The molecule has 2 saturated heterocycles. The molecule has 1 aromatic rings. The quantitative estimate of drug-likeness (QED) is 0.545. The van der Waals surface area contributed by atoms with Crippen molar-refractivity contribution in [1.29, 1.82) is 0 Å². The van der Waals surface area contributed by atoms with Gasteiger partial charge in [-0.2, -0.15) is 0 Å². The van der Waals surface area contributed by atoms with Crippen LogP contribution in [0.3, 0.4) is 0 Å². The third-order valence-electron chi connectivity index (χ3n) is 6.81. The summed E-state index contributed by atoms with van der Waals surface area (Å²) in [5.74, 6) is 1.60. The average molecular weight is 432 g/mol. The van der Waals surface area contributed by atoms with Crippen molar-refractivity contribution in [2.24, 2.45) is 5.92 Å². The first-order chi connectivity index (χ1) is 14.9. The van der Waals surface area contributed by atoms with Gasteiger partial charge in [0.1, 0.15) is 11.9 Å². The summed E-state index contributed by atoms with van der Waals surface area (Å²) in [6.07, 6.45) is 3.85. The first-order valence-electron chi connectivity index (χ1n) is 11.9. The Balaban J connectivity index is 1.43. The van der Waals surface area contributed by atoms with Crippen LogP contribution in [-0.2, 0) is 9.53 Å². The fourth-order valence-electron chi connectivity index (χ4n) is 4.53. The van der Waals surface area contributed by atoms with Crippen LogP contribution in [0.5, 0.6) is 5.75 Å². The molecule has 2 aliphatic rings. The summed E-state index contributed by atoms with van der Waals surface area (Å²) in [7, 11) is 4.21. The normalized spacial score (nSPS) is 20.6. The summed E-state index contributed by atoms with van der Waals surface area (Å²) in [6.45, 7) is 12.0. The summed E-state index contributed by atoms with van der Waals surface area (Å²) < 4.78 is 11.5.